The highest BCUT2D eigenvalue weighted by atomic mass is 32.2. The van der Waals surface area contributed by atoms with Crippen LogP contribution < -0.4 is 5.63 Å². The number of fused-ring (bicyclic) bond motifs is 3. The molecule has 6 heteroatoms. The predicted molar refractivity (Wildman–Crippen MR) is 96.5 cm³/mol. The average molecular weight is 353 g/mol. The first kappa shape index (κ1) is 15.7. The Hall–Kier alpha value is -2.86. The monoisotopic (exact) mass is 353 g/mol. The van der Waals surface area contributed by atoms with Crippen molar-refractivity contribution in [3.63, 3.8) is 0 Å². The van der Waals surface area contributed by atoms with Gasteiger partial charge in [-0.1, -0.05) is 36.4 Å². The number of hydrogen-bond acceptors (Lipinski definition) is 4. The molecule has 0 aliphatic carbocycles. The first-order valence-electron chi connectivity index (χ1n) is 7.77. The molecule has 0 N–H and O–H groups in total. The Morgan fingerprint density at radius 2 is 1.56 bits per heavy atom. The molecule has 5 nitrogen and oxygen atoms in total. The second kappa shape index (κ2) is 5.32. The lowest BCUT2D eigenvalue weighted by atomic mass is 10.1. The van der Waals surface area contributed by atoms with Crippen LogP contribution in [0.25, 0.3) is 21.8 Å². The zero-order valence-electron chi connectivity index (χ0n) is 13.7. The van der Waals surface area contributed by atoms with Crippen LogP contribution in [0.4, 0.5) is 0 Å². The Kier molecular flexibility index (Phi) is 3.33. The molecule has 0 fully saturated rings. The van der Waals surface area contributed by atoms with Gasteiger partial charge in [-0.15, -0.1) is 0 Å². The normalized spacial score (nSPS) is 12.1. The van der Waals surface area contributed by atoms with Crippen molar-refractivity contribution in [3.05, 3.63) is 76.3 Å². The highest BCUT2D eigenvalue weighted by Crippen LogP contribution is 2.34. The molecule has 25 heavy (non-hydrogen) atoms. The minimum Gasteiger partial charge on any atom is -0.426 e. The first-order valence-corrected chi connectivity index (χ1v) is 9.21. The van der Waals surface area contributed by atoms with Gasteiger partial charge in [0.15, 0.2) is 0 Å². The molecule has 4 rings (SSSR count). The molecule has 0 spiro atoms. The Balaban J connectivity index is 2.29. The summed E-state index contributed by atoms with van der Waals surface area (Å²) in [4.78, 5) is 12.3. The van der Waals surface area contributed by atoms with Crippen LogP contribution in [0.2, 0.25) is 0 Å². The van der Waals surface area contributed by atoms with Crippen LogP contribution in [-0.4, -0.2) is 12.4 Å². The number of hydrogen-bond donors (Lipinski definition) is 0. The lowest BCUT2D eigenvalue weighted by Crippen LogP contribution is -2.14. The highest BCUT2D eigenvalue weighted by molar-refractivity contribution is 7.90. The fraction of sp³-hybridized carbons (Fsp3) is 0.105. The van der Waals surface area contributed by atoms with Crippen LogP contribution in [0.1, 0.15) is 11.3 Å². The molecule has 2 heterocycles. The number of benzene rings is 2. The van der Waals surface area contributed by atoms with E-state index in [0.717, 1.165) is 0 Å². The van der Waals surface area contributed by atoms with Crippen molar-refractivity contribution in [2.45, 2.75) is 18.7 Å². The first-order chi connectivity index (χ1) is 11.9. The van der Waals surface area contributed by atoms with Gasteiger partial charge in [0.05, 0.1) is 10.4 Å². The molecular weight excluding hydrogens is 338 g/mol. The second-order valence-electron chi connectivity index (χ2n) is 5.89. The smallest absolute Gasteiger partial charge is 0.339 e. The SMILES string of the molecule is Cc1c(=O)oc(C)c2c1c1ccccc1n2S(=O)(=O)c1ccccc1. The number of rotatable bonds is 2. The van der Waals surface area contributed by atoms with Crippen molar-refractivity contribution >= 4 is 31.8 Å². The molecule has 0 saturated carbocycles. The number of nitrogens with zero attached hydrogens (tertiary/aromatic N) is 1. The molecule has 0 atom stereocenters. The van der Waals surface area contributed by atoms with Gasteiger partial charge in [-0.05, 0) is 32.0 Å². The molecule has 0 aliphatic rings. The summed E-state index contributed by atoms with van der Waals surface area (Å²) in [5.74, 6) is 0.279. The van der Waals surface area contributed by atoms with Crippen LogP contribution >= 0.6 is 0 Å². The molecule has 0 aliphatic heterocycles. The standard InChI is InChI=1S/C19H15NO4S/c1-12-17-15-10-6-7-11-16(15)20(18(17)13(2)24-19(12)21)25(22,23)14-8-4-3-5-9-14/h3-11H,1-2H3. The molecule has 4 aromatic rings. The van der Waals surface area contributed by atoms with Gasteiger partial charge in [-0.3, -0.25) is 0 Å². The summed E-state index contributed by atoms with van der Waals surface area (Å²) >= 11 is 0. The van der Waals surface area contributed by atoms with Crippen molar-refractivity contribution < 1.29 is 12.8 Å². The number of aryl methyl sites for hydroxylation is 2. The number of aromatic nitrogens is 1. The van der Waals surface area contributed by atoms with Crippen LogP contribution in [0.15, 0.2) is 68.7 Å². The van der Waals surface area contributed by atoms with Crippen molar-refractivity contribution in [3.8, 4) is 0 Å². The largest absolute Gasteiger partial charge is 0.426 e. The van der Waals surface area contributed by atoms with E-state index in [2.05, 4.69) is 0 Å². The Labute approximate surface area is 144 Å². The summed E-state index contributed by atoms with van der Waals surface area (Å²) in [7, 11) is -3.85. The van der Waals surface area contributed by atoms with Gasteiger partial charge in [0.25, 0.3) is 10.0 Å². The Bertz CT molecular complexity index is 1280. The highest BCUT2D eigenvalue weighted by Gasteiger charge is 2.26. The maximum atomic E-state index is 13.3. The van der Waals surface area contributed by atoms with E-state index in [1.165, 1.54) is 3.97 Å². The van der Waals surface area contributed by atoms with Crippen LogP contribution in [-0.2, 0) is 10.0 Å². The van der Waals surface area contributed by atoms with Gasteiger partial charge in [-0.25, -0.2) is 17.2 Å². The third kappa shape index (κ3) is 2.14. The average Bonchev–Trinajstić information content (AvgIpc) is 2.97. The van der Waals surface area contributed by atoms with Crippen molar-refractivity contribution in [2.24, 2.45) is 0 Å². The summed E-state index contributed by atoms with van der Waals surface area (Å²) in [6.07, 6.45) is 0. The molecule has 2 aromatic carbocycles. The van der Waals surface area contributed by atoms with Gasteiger partial charge < -0.3 is 4.42 Å². The zero-order chi connectivity index (χ0) is 17.8. The van der Waals surface area contributed by atoms with Crippen LogP contribution in [0.3, 0.4) is 0 Å². The summed E-state index contributed by atoms with van der Waals surface area (Å²) in [6.45, 7) is 3.26. The minimum atomic E-state index is -3.85. The lowest BCUT2D eigenvalue weighted by molar-refractivity contribution is 0.482. The lowest BCUT2D eigenvalue weighted by Gasteiger charge is -2.10. The van der Waals surface area contributed by atoms with Crippen molar-refractivity contribution in [1.82, 2.24) is 3.97 Å². The predicted octanol–water partition coefficient (Wildman–Crippen LogP) is 3.60. The van der Waals surface area contributed by atoms with Gasteiger partial charge >= 0.3 is 5.63 Å². The van der Waals surface area contributed by atoms with E-state index < -0.39 is 15.6 Å². The van der Waals surface area contributed by atoms with Gasteiger partial charge in [0, 0.05) is 16.3 Å². The molecule has 2 aromatic heterocycles. The van der Waals surface area contributed by atoms with Gasteiger partial charge in [-0.2, -0.15) is 0 Å². The minimum absolute atomic E-state index is 0.181. The number of para-hydroxylation sites is 1. The van der Waals surface area contributed by atoms with Gasteiger partial charge in [0.2, 0.25) is 0 Å². The third-order valence-electron chi connectivity index (χ3n) is 4.37. The topological polar surface area (TPSA) is 69.3 Å². The maximum Gasteiger partial charge on any atom is 0.339 e. The molecule has 126 valence electrons. The third-order valence-corrected chi connectivity index (χ3v) is 6.10. The fourth-order valence-corrected chi connectivity index (χ4v) is 4.81. The summed E-state index contributed by atoms with van der Waals surface area (Å²) in [5, 5.41) is 1.33. The summed E-state index contributed by atoms with van der Waals surface area (Å²) in [6, 6.07) is 15.4. The Morgan fingerprint density at radius 3 is 2.28 bits per heavy atom. The molecule has 0 amide bonds. The Morgan fingerprint density at radius 1 is 0.920 bits per heavy atom. The molecule has 0 saturated heterocycles. The van der Waals surface area contributed by atoms with E-state index in [4.69, 9.17) is 4.42 Å². The molecule has 0 bridgehead atoms. The van der Waals surface area contributed by atoms with E-state index >= 15 is 0 Å². The van der Waals surface area contributed by atoms with E-state index in [1.807, 2.05) is 12.1 Å². The molecule has 0 radical (unpaired) electrons. The van der Waals surface area contributed by atoms with E-state index in [0.29, 0.717) is 27.4 Å². The van der Waals surface area contributed by atoms with Gasteiger partial charge in [0.1, 0.15) is 11.3 Å². The van der Waals surface area contributed by atoms with Crippen molar-refractivity contribution in [1.29, 1.82) is 0 Å². The molecular formula is C19H15NO4S. The zero-order valence-corrected chi connectivity index (χ0v) is 14.5. The molecule has 0 unspecified atom stereocenters. The van der Waals surface area contributed by atoms with Crippen LogP contribution in [0.5, 0.6) is 0 Å². The van der Waals surface area contributed by atoms with Crippen LogP contribution in [0, 0.1) is 13.8 Å². The van der Waals surface area contributed by atoms with E-state index in [9.17, 15) is 13.2 Å². The fourth-order valence-electron chi connectivity index (χ4n) is 3.22. The van der Waals surface area contributed by atoms with Crippen molar-refractivity contribution in [2.75, 3.05) is 0 Å². The summed E-state index contributed by atoms with van der Waals surface area (Å²) < 4.78 is 33.2. The summed E-state index contributed by atoms with van der Waals surface area (Å²) in [5.41, 5.74) is 0.874. The second-order valence-corrected chi connectivity index (χ2v) is 7.68. The maximum absolute atomic E-state index is 13.3. The quantitative estimate of drug-likeness (QED) is 0.552. The van der Waals surface area contributed by atoms with E-state index in [1.54, 1.807) is 56.3 Å². The van der Waals surface area contributed by atoms with E-state index in [-0.39, 0.29) is 10.7 Å².